The molecule has 6 nitrogen and oxygen atoms in total. The summed E-state index contributed by atoms with van der Waals surface area (Å²) >= 11 is 0. The predicted molar refractivity (Wildman–Crippen MR) is 261 cm³/mol. The van der Waals surface area contributed by atoms with Gasteiger partial charge in [0.1, 0.15) is 13.2 Å². The highest BCUT2D eigenvalue weighted by Crippen LogP contribution is 2.15. The normalized spacial score (nSPS) is 12.4. The lowest BCUT2D eigenvalue weighted by atomic mass is 10.1. The molecule has 6 heteroatoms. The highest BCUT2D eigenvalue weighted by atomic mass is 16.6. The second-order valence-corrected chi connectivity index (χ2v) is 17.4. The summed E-state index contributed by atoms with van der Waals surface area (Å²) in [6.07, 6.45) is 59.5. The van der Waals surface area contributed by atoms with Gasteiger partial charge in [0.2, 0.25) is 0 Å². The van der Waals surface area contributed by atoms with Gasteiger partial charge in [0, 0.05) is 19.3 Å². The molecule has 0 fully saturated rings. The molecule has 0 saturated heterocycles. The van der Waals surface area contributed by atoms with Gasteiger partial charge < -0.3 is 14.2 Å². The third kappa shape index (κ3) is 48.3. The molecule has 0 amide bonds. The van der Waals surface area contributed by atoms with E-state index in [2.05, 4.69) is 69.4 Å². The Labute approximate surface area is 378 Å². The number of carbonyl (C=O) groups excluding carboxylic acids is 3. The smallest absolute Gasteiger partial charge is 0.306 e. The summed E-state index contributed by atoms with van der Waals surface area (Å²) in [6.45, 7) is 6.51. The number of hydrogen-bond donors (Lipinski definition) is 0. The van der Waals surface area contributed by atoms with Crippen molar-refractivity contribution in [1.29, 1.82) is 0 Å². The van der Waals surface area contributed by atoms with E-state index in [9.17, 15) is 14.4 Å². The molecule has 0 aromatic rings. The van der Waals surface area contributed by atoms with Crippen LogP contribution in [-0.2, 0) is 28.6 Å². The van der Waals surface area contributed by atoms with Gasteiger partial charge in [0.15, 0.2) is 6.10 Å². The van der Waals surface area contributed by atoms with E-state index in [-0.39, 0.29) is 31.1 Å². The van der Waals surface area contributed by atoms with Gasteiger partial charge in [0.05, 0.1) is 0 Å². The van der Waals surface area contributed by atoms with E-state index >= 15 is 0 Å². The SMILES string of the molecule is CC/C=C\C/C=C\C/C=C\CCCCCCCCC(=O)OC(COC(=O)CCCCCCCCC/C=C\CCCCCCCC)COC(=O)CCCCCCCCCCCC. The molecule has 0 spiro atoms. The Balaban J connectivity index is 4.35. The summed E-state index contributed by atoms with van der Waals surface area (Å²) in [5.74, 6) is -0.889. The summed E-state index contributed by atoms with van der Waals surface area (Å²) in [6, 6.07) is 0. The molecule has 0 radical (unpaired) electrons. The van der Waals surface area contributed by atoms with Gasteiger partial charge >= 0.3 is 17.9 Å². The molecule has 1 atom stereocenters. The van der Waals surface area contributed by atoms with Gasteiger partial charge in [-0.2, -0.15) is 0 Å². The van der Waals surface area contributed by atoms with E-state index in [0.29, 0.717) is 19.3 Å². The van der Waals surface area contributed by atoms with Crippen LogP contribution in [0.25, 0.3) is 0 Å². The largest absolute Gasteiger partial charge is 0.462 e. The number of esters is 3. The molecule has 0 rings (SSSR count). The monoisotopic (exact) mass is 855 g/mol. The van der Waals surface area contributed by atoms with Crippen molar-refractivity contribution < 1.29 is 28.6 Å². The van der Waals surface area contributed by atoms with Gasteiger partial charge in [0.25, 0.3) is 0 Å². The summed E-state index contributed by atoms with van der Waals surface area (Å²) < 4.78 is 16.8. The van der Waals surface area contributed by atoms with Crippen LogP contribution in [0.4, 0.5) is 0 Å². The number of rotatable bonds is 47. The van der Waals surface area contributed by atoms with Crippen molar-refractivity contribution in [2.75, 3.05) is 13.2 Å². The number of ether oxygens (including phenoxy) is 3. The maximum atomic E-state index is 12.8. The highest BCUT2D eigenvalue weighted by molar-refractivity contribution is 5.71. The van der Waals surface area contributed by atoms with E-state index < -0.39 is 6.10 Å². The van der Waals surface area contributed by atoms with Crippen molar-refractivity contribution >= 4 is 17.9 Å². The van der Waals surface area contributed by atoms with Crippen LogP contribution >= 0.6 is 0 Å². The molecule has 0 aliphatic heterocycles. The van der Waals surface area contributed by atoms with E-state index in [1.807, 2.05) is 0 Å². The first kappa shape index (κ1) is 58.4. The van der Waals surface area contributed by atoms with Crippen molar-refractivity contribution in [3.63, 3.8) is 0 Å². The topological polar surface area (TPSA) is 78.9 Å². The van der Waals surface area contributed by atoms with Gasteiger partial charge in [-0.15, -0.1) is 0 Å². The van der Waals surface area contributed by atoms with Crippen LogP contribution in [0.5, 0.6) is 0 Å². The molecule has 1 unspecified atom stereocenters. The first-order valence-electron chi connectivity index (χ1n) is 26.1. The quantitative estimate of drug-likeness (QED) is 0.0263. The number of carbonyl (C=O) groups is 3. The Morgan fingerprint density at radius 2 is 0.639 bits per heavy atom. The van der Waals surface area contributed by atoms with Crippen molar-refractivity contribution in [2.45, 2.75) is 271 Å². The molecule has 0 aromatic carbocycles. The maximum absolute atomic E-state index is 12.8. The van der Waals surface area contributed by atoms with E-state index in [0.717, 1.165) is 89.9 Å². The molecular weight excluding hydrogens is 757 g/mol. The predicted octanol–water partition coefficient (Wildman–Crippen LogP) is 17.1. The van der Waals surface area contributed by atoms with Crippen LogP contribution in [0.2, 0.25) is 0 Å². The summed E-state index contributed by atoms with van der Waals surface area (Å²) in [7, 11) is 0. The molecule has 61 heavy (non-hydrogen) atoms. The average molecular weight is 855 g/mol. The van der Waals surface area contributed by atoms with Crippen LogP contribution in [-0.4, -0.2) is 37.2 Å². The number of hydrogen-bond acceptors (Lipinski definition) is 6. The fourth-order valence-corrected chi connectivity index (χ4v) is 7.39. The van der Waals surface area contributed by atoms with Crippen molar-refractivity contribution in [2.24, 2.45) is 0 Å². The fraction of sp³-hybridized carbons (Fsp3) is 0.800. The Morgan fingerprint density at radius 3 is 1.02 bits per heavy atom. The Kier molecular flexibility index (Phi) is 47.9. The number of unbranched alkanes of at least 4 members (excludes halogenated alkanes) is 28. The second kappa shape index (κ2) is 50.0. The van der Waals surface area contributed by atoms with E-state index in [1.165, 1.54) is 135 Å². The third-order valence-electron chi connectivity index (χ3n) is 11.3. The molecule has 0 bridgehead atoms. The van der Waals surface area contributed by atoms with Gasteiger partial charge in [-0.05, 0) is 77.0 Å². The van der Waals surface area contributed by atoms with Gasteiger partial charge in [-0.25, -0.2) is 0 Å². The Hall–Kier alpha value is -2.63. The minimum atomic E-state index is -0.778. The molecule has 0 saturated carbocycles. The van der Waals surface area contributed by atoms with Crippen LogP contribution in [0.3, 0.4) is 0 Å². The first-order chi connectivity index (χ1) is 30.0. The Morgan fingerprint density at radius 1 is 0.344 bits per heavy atom. The molecule has 354 valence electrons. The van der Waals surface area contributed by atoms with E-state index in [4.69, 9.17) is 14.2 Å². The summed E-state index contributed by atoms with van der Waals surface area (Å²) in [5, 5.41) is 0. The van der Waals surface area contributed by atoms with Crippen LogP contribution in [0, 0.1) is 0 Å². The maximum Gasteiger partial charge on any atom is 0.306 e. The minimum absolute atomic E-state index is 0.0778. The Bertz CT molecular complexity index is 1070. The number of allylic oxidation sites excluding steroid dienone is 8. The highest BCUT2D eigenvalue weighted by Gasteiger charge is 2.19. The lowest BCUT2D eigenvalue weighted by Crippen LogP contribution is -2.30. The molecular formula is C55H98O6. The zero-order valence-electron chi connectivity index (χ0n) is 40.4. The first-order valence-corrected chi connectivity index (χ1v) is 26.1. The summed E-state index contributed by atoms with van der Waals surface area (Å²) in [5.41, 5.74) is 0. The molecule has 0 aromatic heterocycles. The van der Waals surface area contributed by atoms with Gasteiger partial charge in [-0.3, -0.25) is 14.4 Å². The van der Waals surface area contributed by atoms with Crippen LogP contribution in [0.15, 0.2) is 48.6 Å². The standard InChI is InChI=1S/C55H98O6/c1-4-7-10-13-16-19-22-24-26-28-30-31-33-36-39-42-45-48-54(57)60-51-52(50-59-53(56)47-44-41-38-35-21-18-15-12-9-6-3)61-55(58)49-46-43-40-37-34-32-29-27-25-23-20-17-14-11-8-5-2/h8,11,17,20,24-27,52H,4-7,9-10,12-16,18-19,21-23,28-51H2,1-3H3/b11-8-,20-17-,26-24-,27-25-. The van der Waals surface area contributed by atoms with Crippen molar-refractivity contribution in [1.82, 2.24) is 0 Å². The third-order valence-corrected chi connectivity index (χ3v) is 11.3. The lowest BCUT2D eigenvalue weighted by molar-refractivity contribution is -0.167. The second-order valence-electron chi connectivity index (χ2n) is 17.4. The molecule has 0 heterocycles. The lowest BCUT2D eigenvalue weighted by Gasteiger charge is -2.18. The van der Waals surface area contributed by atoms with Crippen molar-refractivity contribution in [3.8, 4) is 0 Å². The molecule has 0 aliphatic rings. The van der Waals surface area contributed by atoms with Crippen LogP contribution in [0.1, 0.15) is 265 Å². The van der Waals surface area contributed by atoms with Gasteiger partial charge in [-0.1, -0.05) is 217 Å². The molecule has 0 aliphatic carbocycles. The van der Waals surface area contributed by atoms with Crippen molar-refractivity contribution in [3.05, 3.63) is 48.6 Å². The summed E-state index contributed by atoms with van der Waals surface area (Å²) in [4.78, 5) is 37.9. The zero-order valence-corrected chi connectivity index (χ0v) is 40.4. The van der Waals surface area contributed by atoms with Crippen LogP contribution < -0.4 is 0 Å². The average Bonchev–Trinajstić information content (AvgIpc) is 3.26. The minimum Gasteiger partial charge on any atom is -0.462 e. The zero-order chi connectivity index (χ0) is 44.4. The van der Waals surface area contributed by atoms with E-state index in [1.54, 1.807) is 0 Å². The molecule has 0 N–H and O–H groups in total. The fourth-order valence-electron chi connectivity index (χ4n) is 7.39.